The van der Waals surface area contributed by atoms with Crippen LogP contribution in [0.2, 0.25) is 0 Å². The molecule has 0 saturated carbocycles. The number of hydroxylamine groups is 2. The first-order chi connectivity index (χ1) is 21.0. The number of ether oxygens (including phenoxy) is 4. The number of imide groups is 1. The number of hydrogen-bond donors (Lipinski definition) is 1. The van der Waals surface area contributed by atoms with Gasteiger partial charge in [0.15, 0.2) is 0 Å². The summed E-state index contributed by atoms with van der Waals surface area (Å²) in [5.74, 6) is -2.64. The number of alkyl halides is 1. The standard InChI is InChI=1S/C8H12O5.C5H7NO3.C5H8O3.C4H7IO2S.C4H4O3/c1-6(9)3-4-8(11)13-5-12-7(2)10;1-9-6-4(7)2-3-5(6)8;1-4(6)2-3-5(7)8;1-2-8-4(6)7-3-5;5-3-1-2-4(6)7-3/h3-5H2,1-2H3;2-3H2,1H3;2-3H2,1H3,(H,7,8);2-3H2,1H3;1-2H2. The van der Waals surface area contributed by atoms with Gasteiger partial charge in [-0.2, -0.15) is 5.06 Å². The SMILES string of the molecule is CC(=O)CCC(=O)O.CC(=O)CCC(=O)OCOC(C)=O.CCSC(=O)OCI.CON1C(=O)CCC1=O.O=C1CCC(=O)O1. The van der Waals surface area contributed by atoms with Crippen molar-refractivity contribution in [2.75, 3.05) is 24.3 Å². The highest BCUT2D eigenvalue weighted by Gasteiger charge is 2.28. The monoisotopic (exact) mass is 779 g/mol. The van der Waals surface area contributed by atoms with Crippen LogP contribution in [0.4, 0.5) is 4.79 Å². The molecule has 256 valence electrons. The summed E-state index contributed by atoms with van der Waals surface area (Å²) in [6.45, 7) is 5.51. The minimum Gasteiger partial charge on any atom is -0.481 e. The van der Waals surface area contributed by atoms with Crippen molar-refractivity contribution in [1.82, 2.24) is 5.06 Å². The second-order valence-electron chi connectivity index (χ2n) is 8.11. The van der Waals surface area contributed by atoms with Crippen LogP contribution in [-0.4, -0.2) is 93.0 Å². The van der Waals surface area contributed by atoms with Crippen molar-refractivity contribution >= 4 is 92.9 Å². The Morgan fingerprint density at radius 2 is 1.29 bits per heavy atom. The molecule has 0 bridgehead atoms. The van der Waals surface area contributed by atoms with Gasteiger partial charge in [0.2, 0.25) is 6.79 Å². The van der Waals surface area contributed by atoms with Crippen LogP contribution in [0.15, 0.2) is 0 Å². The predicted octanol–water partition coefficient (Wildman–Crippen LogP) is 2.67. The highest BCUT2D eigenvalue weighted by Crippen LogP contribution is 2.10. The minimum absolute atomic E-state index is 0.0244. The maximum atomic E-state index is 10.8. The molecule has 2 amide bonds. The van der Waals surface area contributed by atoms with Crippen LogP contribution < -0.4 is 0 Å². The number of aliphatic carboxylic acids is 1. The van der Waals surface area contributed by atoms with Gasteiger partial charge in [0.25, 0.3) is 11.8 Å². The lowest BCUT2D eigenvalue weighted by Gasteiger charge is -2.07. The Labute approximate surface area is 277 Å². The molecule has 19 heteroatoms. The van der Waals surface area contributed by atoms with Gasteiger partial charge >= 0.3 is 35.1 Å². The van der Waals surface area contributed by atoms with Crippen molar-refractivity contribution in [3.8, 4) is 0 Å². The molecule has 0 aromatic heterocycles. The van der Waals surface area contributed by atoms with Crippen molar-refractivity contribution in [3.05, 3.63) is 0 Å². The third kappa shape index (κ3) is 33.3. The lowest BCUT2D eigenvalue weighted by Crippen LogP contribution is -2.27. The fourth-order valence-corrected chi connectivity index (χ4v) is 3.08. The Hall–Kier alpha value is -3.46. The quantitative estimate of drug-likeness (QED) is 0.0603. The average molecular weight is 780 g/mol. The maximum Gasteiger partial charge on any atom is 0.368 e. The van der Waals surface area contributed by atoms with Gasteiger partial charge in [0, 0.05) is 38.4 Å². The van der Waals surface area contributed by atoms with E-state index in [4.69, 9.17) is 5.11 Å². The maximum absolute atomic E-state index is 10.8. The van der Waals surface area contributed by atoms with Crippen molar-refractivity contribution in [1.29, 1.82) is 0 Å². The number of rotatable bonds is 11. The van der Waals surface area contributed by atoms with Crippen LogP contribution in [-0.2, 0) is 66.9 Å². The average Bonchev–Trinajstić information content (AvgIpc) is 3.49. The number of nitrogens with zero attached hydrogens (tertiary/aromatic N) is 1. The number of ketones is 2. The number of esters is 4. The van der Waals surface area contributed by atoms with Crippen LogP contribution in [0.25, 0.3) is 0 Å². The normalized spacial score (nSPS) is 12.7. The van der Waals surface area contributed by atoms with Crippen LogP contribution in [0, 0.1) is 0 Å². The van der Waals surface area contributed by atoms with E-state index in [1.54, 1.807) is 0 Å². The molecule has 0 unspecified atom stereocenters. The van der Waals surface area contributed by atoms with Gasteiger partial charge in [0.05, 0.1) is 32.8 Å². The van der Waals surface area contributed by atoms with Crippen molar-refractivity contribution in [2.45, 2.75) is 79.1 Å². The van der Waals surface area contributed by atoms with E-state index in [9.17, 15) is 47.9 Å². The number of carboxylic acid groups (broad SMARTS) is 1. The third-order valence-electron chi connectivity index (χ3n) is 4.24. The number of carbonyl (C=O) groups excluding carboxylic acids is 9. The Kier molecular flexibility index (Phi) is 29.9. The van der Waals surface area contributed by atoms with Gasteiger partial charge in [-0.05, 0) is 48.2 Å². The summed E-state index contributed by atoms with van der Waals surface area (Å²) in [5, 5.41) is 8.62. The predicted molar refractivity (Wildman–Crippen MR) is 162 cm³/mol. The number of carboxylic acids is 1. The zero-order valence-corrected chi connectivity index (χ0v) is 28.6. The number of thioether (sulfide) groups is 1. The summed E-state index contributed by atoms with van der Waals surface area (Å²) in [6.07, 6.45) is 1.37. The van der Waals surface area contributed by atoms with Gasteiger partial charge in [-0.15, -0.1) is 0 Å². The Balaban J connectivity index is -0.000000499. The fraction of sp³-hybridized carbons (Fsp3) is 0.615. The first-order valence-electron chi connectivity index (χ1n) is 13.0. The molecule has 0 aliphatic carbocycles. The Bertz CT molecular complexity index is 980. The molecule has 2 saturated heterocycles. The number of carbonyl (C=O) groups is 10. The van der Waals surface area contributed by atoms with Gasteiger partial charge in [0.1, 0.15) is 16.2 Å². The van der Waals surface area contributed by atoms with Crippen LogP contribution in [0.1, 0.15) is 79.1 Å². The van der Waals surface area contributed by atoms with Gasteiger partial charge < -0.3 is 33.6 Å². The number of hydrogen-bond acceptors (Lipinski definition) is 16. The summed E-state index contributed by atoms with van der Waals surface area (Å²) in [4.78, 5) is 107. The van der Waals surface area contributed by atoms with E-state index < -0.39 is 29.8 Å². The molecule has 1 N–H and O–H groups in total. The molecular weight excluding hydrogens is 741 g/mol. The molecule has 0 atom stereocenters. The molecule has 0 aromatic carbocycles. The van der Waals surface area contributed by atoms with Crippen LogP contribution in [0.3, 0.4) is 0 Å². The molecule has 17 nitrogen and oxygen atoms in total. The molecule has 2 aliphatic heterocycles. The second-order valence-corrected chi connectivity index (χ2v) is 9.94. The van der Waals surface area contributed by atoms with E-state index in [0.717, 1.165) is 10.8 Å². The Morgan fingerprint density at radius 1 is 0.800 bits per heavy atom. The summed E-state index contributed by atoms with van der Waals surface area (Å²) >= 11 is 3.18. The zero-order valence-electron chi connectivity index (χ0n) is 25.6. The first-order valence-corrected chi connectivity index (χ1v) is 15.5. The summed E-state index contributed by atoms with van der Waals surface area (Å²) < 4.78 is 17.9. The van der Waals surface area contributed by atoms with E-state index in [1.165, 1.54) is 39.6 Å². The molecule has 45 heavy (non-hydrogen) atoms. The largest absolute Gasteiger partial charge is 0.481 e. The number of amides is 2. The highest BCUT2D eigenvalue weighted by molar-refractivity contribution is 14.1. The summed E-state index contributed by atoms with van der Waals surface area (Å²) in [6, 6.07) is 0. The smallest absolute Gasteiger partial charge is 0.368 e. The van der Waals surface area contributed by atoms with Crippen LogP contribution >= 0.6 is 34.4 Å². The lowest BCUT2D eigenvalue weighted by molar-refractivity contribution is -0.179. The number of Topliss-reactive ketones (excluding diaryl/α,β-unsaturated/α-hetero) is 2. The molecule has 2 aliphatic rings. The van der Waals surface area contributed by atoms with E-state index in [1.807, 2.05) is 29.5 Å². The van der Waals surface area contributed by atoms with Crippen LogP contribution in [0.5, 0.6) is 0 Å². The topological polar surface area (TPSA) is 240 Å². The zero-order chi connectivity index (χ0) is 35.4. The molecular formula is C26H38INO16S. The van der Waals surface area contributed by atoms with Crippen molar-refractivity contribution in [3.63, 3.8) is 0 Å². The fourth-order valence-electron chi connectivity index (χ4n) is 2.21. The number of halogens is 1. The second kappa shape index (κ2) is 29.3. The van der Waals surface area contributed by atoms with Crippen molar-refractivity contribution < 1.29 is 76.8 Å². The molecule has 0 radical (unpaired) electrons. The van der Waals surface area contributed by atoms with E-state index in [0.29, 0.717) is 4.61 Å². The van der Waals surface area contributed by atoms with Gasteiger partial charge in [-0.3, -0.25) is 38.4 Å². The molecule has 2 rings (SSSR count). The van der Waals surface area contributed by atoms with Crippen molar-refractivity contribution in [2.24, 2.45) is 0 Å². The van der Waals surface area contributed by atoms with E-state index >= 15 is 0 Å². The highest BCUT2D eigenvalue weighted by atomic mass is 127. The third-order valence-corrected chi connectivity index (χ3v) is 5.19. The minimum atomic E-state index is -0.916. The molecule has 0 spiro atoms. The first kappa shape index (κ1) is 46.0. The van der Waals surface area contributed by atoms with E-state index in [2.05, 4.69) is 23.8 Å². The van der Waals surface area contributed by atoms with E-state index in [-0.39, 0.29) is 86.8 Å². The molecule has 2 heterocycles. The molecule has 0 aromatic rings. The van der Waals surface area contributed by atoms with Gasteiger partial charge in [-0.25, -0.2) is 4.79 Å². The Morgan fingerprint density at radius 3 is 1.58 bits per heavy atom. The van der Waals surface area contributed by atoms with Gasteiger partial charge in [-0.1, -0.05) is 6.92 Å². The summed E-state index contributed by atoms with van der Waals surface area (Å²) in [7, 11) is 1.31. The summed E-state index contributed by atoms with van der Waals surface area (Å²) in [5.41, 5.74) is 0. The molecule has 2 fully saturated rings. The number of cyclic esters (lactones) is 2. The lowest BCUT2D eigenvalue weighted by atomic mass is 10.2.